The van der Waals surface area contributed by atoms with E-state index in [1.807, 2.05) is 13.8 Å². The van der Waals surface area contributed by atoms with Gasteiger partial charge in [-0.15, -0.1) is 5.10 Å². The summed E-state index contributed by atoms with van der Waals surface area (Å²) >= 11 is 0. The summed E-state index contributed by atoms with van der Waals surface area (Å²) in [5.41, 5.74) is 2.65. The van der Waals surface area contributed by atoms with E-state index in [-0.39, 0.29) is 12.1 Å². The summed E-state index contributed by atoms with van der Waals surface area (Å²) in [7, 11) is 0. The Morgan fingerprint density at radius 3 is 2.65 bits per heavy atom. The normalized spacial score (nSPS) is 22.6. The van der Waals surface area contributed by atoms with Crippen molar-refractivity contribution in [2.45, 2.75) is 52.7 Å². The Hall–Kier alpha value is -1.67. The van der Waals surface area contributed by atoms with Gasteiger partial charge in [-0.25, -0.2) is 0 Å². The highest BCUT2D eigenvalue weighted by Crippen LogP contribution is 2.26. The predicted octanol–water partition coefficient (Wildman–Crippen LogP) is 2.09. The molecule has 20 heavy (non-hydrogen) atoms. The van der Waals surface area contributed by atoms with E-state index in [2.05, 4.69) is 35.0 Å². The first kappa shape index (κ1) is 14.7. The molecule has 5 heteroatoms. The number of anilines is 1. The van der Waals surface area contributed by atoms with Crippen LogP contribution < -0.4 is 4.90 Å². The molecule has 1 fully saturated rings. The number of hydrogen-bond acceptors (Lipinski definition) is 5. The second kappa shape index (κ2) is 6.19. The van der Waals surface area contributed by atoms with Gasteiger partial charge in [0.15, 0.2) is 5.82 Å². The number of ether oxygens (including phenoxy) is 1. The lowest BCUT2D eigenvalue weighted by Crippen LogP contribution is -2.48. The average molecular weight is 274 g/mol. The van der Waals surface area contributed by atoms with Gasteiger partial charge < -0.3 is 9.64 Å². The summed E-state index contributed by atoms with van der Waals surface area (Å²) in [6.07, 6.45) is 1.76. The topological polar surface area (TPSA) is 62.0 Å². The molecule has 2 rings (SSSR count). The molecule has 2 heterocycles. The summed E-state index contributed by atoms with van der Waals surface area (Å²) < 4.78 is 5.64. The van der Waals surface area contributed by atoms with Crippen LogP contribution in [0.4, 0.5) is 5.82 Å². The van der Waals surface area contributed by atoms with Crippen LogP contribution in [0.1, 0.15) is 44.5 Å². The molecular weight excluding hydrogens is 252 g/mol. The molecule has 0 bridgehead atoms. The fraction of sp³-hybridized carbons (Fsp3) is 0.667. The van der Waals surface area contributed by atoms with E-state index in [0.717, 1.165) is 30.6 Å². The van der Waals surface area contributed by atoms with Crippen molar-refractivity contribution in [2.24, 2.45) is 0 Å². The first-order chi connectivity index (χ1) is 9.62. The quantitative estimate of drug-likeness (QED) is 0.844. The Morgan fingerprint density at radius 2 is 2.05 bits per heavy atom. The summed E-state index contributed by atoms with van der Waals surface area (Å²) in [6, 6.07) is 2.55. The number of nitriles is 1. The number of rotatable bonds is 3. The molecule has 1 aliphatic heterocycles. The van der Waals surface area contributed by atoms with E-state index in [1.54, 1.807) is 0 Å². The van der Waals surface area contributed by atoms with Crippen molar-refractivity contribution in [1.29, 1.82) is 5.26 Å². The fourth-order valence-corrected chi connectivity index (χ4v) is 2.68. The molecule has 108 valence electrons. The van der Waals surface area contributed by atoms with E-state index >= 15 is 0 Å². The van der Waals surface area contributed by atoms with Gasteiger partial charge in [0.25, 0.3) is 0 Å². The highest BCUT2D eigenvalue weighted by atomic mass is 16.5. The van der Waals surface area contributed by atoms with Crippen molar-refractivity contribution < 1.29 is 4.74 Å². The lowest BCUT2D eigenvalue weighted by Gasteiger charge is -2.38. The molecule has 1 aromatic rings. The summed E-state index contributed by atoms with van der Waals surface area (Å²) in [5.74, 6) is 0.712. The van der Waals surface area contributed by atoms with Crippen molar-refractivity contribution in [1.82, 2.24) is 10.2 Å². The van der Waals surface area contributed by atoms with E-state index in [1.165, 1.54) is 0 Å². The monoisotopic (exact) mass is 274 g/mol. The molecule has 0 N–H and O–H groups in total. The third-order valence-electron chi connectivity index (χ3n) is 3.82. The standard InChI is InChI=1S/C15H22N4O/c1-5-12-13(7-16)15(18-17-14(12)6-2)19-8-11(4)20-9-10(19)3/h10-11H,5-6,8-9H2,1-4H3. The Labute approximate surface area is 120 Å². The molecule has 5 nitrogen and oxygen atoms in total. The van der Waals surface area contributed by atoms with Crippen molar-refractivity contribution in [3.63, 3.8) is 0 Å². The maximum atomic E-state index is 9.56. The molecule has 0 saturated carbocycles. The number of nitrogens with zero attached hydrogens (tertiary/aromatic N) is 4. The molecule has 0 radical (unpaired) electrons. The lowest BCUT2D eigenvalue weighted by molar-refractivity contribution is 0.0339. The number of aromatic nitrogens is 2. The van der Waals surface area contributed by atoms with Gasteiger partial charge in [0.05, 0.1) is 24.4 Å². The van der Waals surface area contributed by atoms with Gasteiger partial charge >= 0.3 is 0 Å². The zero-order valence-electron chi connectivity index (χ0n) is 12.7. The van der Waals surface area contributed by atoms with Crippen LogP contribution in [0.15, 0.2) is 0 Å². The van der Waals surface area contributed by atoms with Crippen molar-refractivity contribution >= 4 is 5.82 Å². The molecule has 0 amide bonds. The summed E-state index contributed by atoms with van der Waals surface area (Å²) in [6.45, 7) is 9.65. The Morgan fingerprint density at radius 1 is 1.30 bits per heavy atom. The lowest BCUT2D eigenvalue weighted by atomic mass is 10.0. The second-order valence-electron chi connectivity index (χ2n) is 5.29. The van der Waals surface area contributed by atoms with Gasteiger partial charge in [0.2, 0.25) is 0 Å². The highest BCUT2D eigenvalue weighted by Gasteiger charge is 2.28. The van der Waals surface area contributed by atoms with Crippen molar-refractivity contribution in [2.75, 3.05) is 18.1 Å². The second-order valence-corrected chi connectivity index (χ2v) is 5.29. The van der Waals surface area contributed by atoms with Crippen LogP contribution in [0, 0.1) is 11.3 Å². The van der Waals surface area contributed by atoms with Crippen LogP contribution in [0.2, 0.25) is 0 Å². The van der Waals surface area contributed by atoms with Gasteiger partial charge in [0, 0.05) is 6.54 Å². The largest absolute Gasteiger partial charge is 0.375 e. The third-order valence-corrected chi connectivity index (χ3v) is 3.82. The SMILES string of the molecule is CCc1nnc(N2CC(C)OCC2C)c(C#N)c1CC. The summed E-state index contributed by atoms with van der Waals surface area (Å²) in [4.78, 5) is 2.15. The van der Waals surface area contributed by atoms with Crippen molar-refractivity contribution in [3.05, 3.63) is 16.8 Å². The van der Waals surface area contributed by atoms with Crippen LogP contribution in [0.5, 0.6) is 0 Å². The first-order valence-electron chi connectivity index (χ1n) is 7.29. The first-order valence-corrected chi connectivity index (χ1v) is 7.29. The van der Waals surface area contributed by atoms with Crippen LogP contribution >= 0.6 is 0 Å². The maximum absolute atomic E-state index is 9.56. The predicted molar refractivity (Wildman–Crippen MR) is 77.7 cm³/mol. The summed E-state index contributed by atoms with van der Waals surface area (Å²) in [5, 5.41) is 18.2. The third kappa shape index (κ3) is 2.61. The number of aryl methyl sites for hydroxylation is 1. The molecule has 1 saturated heterocycles. The van der Waals surface area contributed by atoms with E-state index in [9.17, 15) is 5.26 Å². The minimum atomic E-state index is 0.149. The van der Waals surface area contributed by atoms with Crippen molar-refractivity contribution in [3.8, 4) is 6.07 Å². The van der Waals surface area contributed by atoms with Gasteiger partial charge in [-0.05, 0) is 32.3 Å². The average Bonchev–Trinajstić information content (AvgIpc) is 2.47. The minimum absolute atomic E-state index is 0.149. The Kier molecular flexibility index (Phi) is 4.56. The number of hydrogen-bond donors (Lipinski definition) is 0. The van der Waals surface area contributed by atoms with Crippen LogP contribution in [-0.4, -0.2) is 35.5 Å². The zero-order chi connectivity index (χ0) is 14.7. The highest BCUT2D eigenvalue weighted by molar-refractivity contribution is 5.58. The number of morpholine rings is 1. The Bertz CT molecular complexity index is 523. The van der Waals surface area contributed by atoms with Gasteiger partial charge in [-0.3, -0.25) is 0 Å². The van der Waals surface area contributed by atoms with Crippen LogP contribution in [-0.2, 0) is 17.6 Å². The maximum Gasteiger partial charge on any atom is 0.169 e. The van der Waals surface area contributed by atoms with E-state index in [4.69, 9.17) is 4.74 Å². The molecule has 0 spiro atoms. The fourth-order valence-electron chi connectivity index (χ4n) is 2.68. The van der Waals surface area contributed by atoms with E-state index < -0.39 is 0 Å². The van der Waals surface area contributed by atoms with Gasteiger partial charge in [0.1, 0.15) is 11.6 Å². The van der Waals surface area contributed by atoms with Crippen LogP contribution in [0.25, 0.3) is 0 Å². The van der Waals surface area contributed by atoms with Gasteiger partial charge in [-0.2, -0.15) is 10.4 Å². The molecule has 0 aliphatic carbocycles. The molecular formula is C15H22N4O. The minimum Gasteiger partial charge on any atom is -0.375 e. The molecule has 0 aromatic carbocycles. The van der Waals surface area contributed by atoms with Crippen LogP contribution in [0.3, 0.4) is 0 Å². The van der Waals surface area contributed by atoms with Gasteiger partial charge in [-0.1, -0.05) is 13.8 Å². The smallest absolute Gasteiger partial charge is 0.169 e. The zero-order valence-corrected chi connectivity index (χ0v) is 12.7. The molecule has 1 aliphatic rings. The molecule has 2 atom stereocenters. The Balaban J connectivity index is 2.48. The van der Waals surface area contributed by atoms with E-state index in [0.29, 0.717) is 18.0 Å². The molecule has 1 aromatic heterocycles. The molecule has 2 unspecified atom stereocenters.